The summed E-state index contributed by atoms with van der Waals surface area (Å²) in [4.78, 5) is 25.5. The third-order valence-corrected chi connectivity index (χ3v) is 9.01. The second kappa shape index (κ2) is 11.4. The van der Waals surface area contributed by atoms with Crippen LogP contribution in [0.5, 0.6) is 5.75 Å². The van der Waals surface area contributed by atoms with Crippen LogP contribution in [0.1, 0.15) is 25.3 Å². The topological polar surface area (TPSA) is 140 Å². The van der Waals surface area contributed by atoms with Crippen molar-refractivity contribution in [3.63, 3.8) is 0 Å². The number of halogens is 2. The number of benzene rings is 2. The van der Waals surface area contributed by atoms with Gasteiger partial charge in [0.15, 0.2) is 0 Å². The first-order valence-electron chi connectivity index (χ1n) is 12.9. The summed E-state index contributed by atoms with van der Waals surface area (Å²) in [6.07, 6.45) is 3.55. The Morgan fingerprint density at radius 3 is 2.56 bits per heavy atom. The Morgan fingerprint density at radius 2 is 1.90 bits per heavy atom. The normalized spacial score (nSPS) is 16.9. The molecule has 0 unspecified atom stereocenters. The maximum Gasteiger partial charge on any atom is 0.316 e. The highest BCUT2D eigenvalue weighted by molar-refractivity contribution is 7.87. The molecule has 2 fully saturated rings. The second-order valence-electron chi connectivity index (χ2n) is 10.4. The van der Waals surface area contributed by atoms with Crippen LogP contribution in [0.15, 0.2) is 53.5 Å². The summed E-state index contributed by atoms with van der Waals surface area (Å²) in [5.74, 6) is -0.859. The number of hydrogen-bond acceptors (Lipinski definition) is 8. The summed E-state index contributed by atoms with van der Waals surface area (Å²) in [6, 6.07) is 9.97. The zero-order chi connectivity index (χ0) is 29.4. The van der Waals surface area contributed by atoms with Gasteiger partial charge in [0.05, 0.1) is 23.4 Å². The number of piperazine rings is 1. The SMILES string of the molecule is CC1(COc2c(N3CCN(S(=O)(=O)NCc4ccc(F)c([N+](=O)[O-])c4)CC3)cnn(-c3cccc(Cl)c3)c2=O)CC1. The molecule has 218 valence electrons. The summed E-state index contributed by atoms with van der Waals surface area (Å²) in [5, 5.41) is 15.8. The number of anilines is 1. The number of nitro benzene ring substituents is 1. The summed E-state index contributed by atoms with van der Waals surface area (Å²) in [6.45, 7) is 2.95. The van der Waals surface area contributed by atoms with Crippen molar-refractivity contribution in [1.82, 2.24) is 18.8 Å². The highest BCUT2D eigenvalue weighted by Crippen LogP contribution is 2.45. The minimum Gasteiger partial charge on any atom is -0.486 e. The van der Waals surface area contributed by atoms with Crippen molar-refractivity contribution in [2.75, 3.05) is 37.7 Å². The molecule has 3 aromatic rings. The number of ether oxygens (including phenoxy) is 1. The van der Waals surface area contributed by atoms with Crippen molar-refractivity contribution in [2.24, 2.45) is 5.41 Å². The van der Waals surface area contributed by atoms with E-state index in [2.05, 4.69) is 16.7 Å². The molecule has 2 aromatic carbocycles. The zero-order valence-corrected chi connectivity index (χ0v) is 23.7. The van der Waals surface area contributed by atoms with E-state index in [9.17, 15) is 27.7 Å². The molecule has 2 heterocycles. The zero-order valence-electron chi connectivity index (χ0n) is 22.1. The molecule has 1 aromatic heterocycles. The van der Waals surface area contributed by atoms with Gasteiger partial charge in [-0.2, -0.15) is 31.6 Å². The summed E-state index contributed by atoms with van der Waals surface area (Å²) in [7, 11) is -3.95. The van der Waals surface area contributed by atoms with Crippen LogP contribution in [-0.2, 0) is 16.8 Å². The van der Waals surface area contributed by atoms with E-state index in [0.717, 1.165) is 25.0 Å². The van der Waals surface area contributed by atoms with Crippen molar-refractivity contribution in [3.05, 3.63) is 85.5 Å². The standard InChI is InChI=1S/C26H28ClFN6O6S/c1-26(7-8-26)17-40-24-23(16-29-33(25(24)35)20-4-2-3-19(27)14-20)31-9-11-32(12-10-31)41(38,39)30-15-18-5-6-21(28)22(13-18)34(36)37/h2-6,13-14,16,30H,7-12,15,17H2,1H3. The maximum atomic E-state index is 13.6. The average Bonchev–Trinajstić information content (AvgIpc) is 3.68. The maximum absolute atomic E-state index is 13.6. The first-order valence-corrected chi connectivity index (χ1v) is 14.7. The van der Waals surface area contributed by atoms with Crippen LogP contribution >= 0.6 is 11.6 Å². The monoisotopic (exact) mass is 606 g/mol. The molecule has 0 spiro atoms. The lowest BCUT2D eigenvalue weighted by Crippen LogP contribution is -2.52. The third-order valence-electron chi connectivity index (χ3n) is 7.22. The van der Waals surface area contributed by atoms with Crippen LogP contribution in [0.25, 0.3) is 5.69 Å². The van der Waals surface area contributed by atoms with Crippen LogP contribution in [0.2, 0.25) is 5.02 Å². The van der Waals surface area contributed by atoms with Gasteiger partial charge in [-0.3, -0.25) is 14.9 Å². The summed E-state index contributed by atoms with van der Waals surface area (Å²) >= 11 is 6.12. The molecular formula is C26H28ClFN6O6S. The summed E-state index contributed by atoms with van der Waals surface area (Å²) < 4.78 is 50.5. The van der Waals surface area contributed by atoms with Gasteiger partial charge in [0.25, 0.3) is 10.2 Å². The molecule has 5 rings (SSSR count). The Balaban J connectivity index is 1.30. The Morgan fingerprint density at radius 1 is 1.17 bits per heavy atom. The first kappa shape index (κ1) is 28.9. The molecule has 1 aliphatic heterocycles. The molecule has 15 heteroatoms. The number of nitrogens with zero attached hydrogens (tertiary/aromatic N) is 5. The molecule has 1 aliphatic carbocycles. The predicted octanol–water partition coefficient (Wildman–Crippen LogP) is 3.27. The Bertz CT molecular complexity index is 1640. The fraction of sp³-hybridized carbons (Fsp3) is 0.385. The van der Waals surface area contributed by atoms with E-state index in [4.69, 9.17) is 16.3 Å². The van der Waals surface area contributed by atoms with Gasteiger partial charge in [-0.25, -0.2) is 0 Å². The quantitative estimate of drug-likeness (QED) is 0.274. The highest BCUT2D eigenvalue weighted by Gasteiger charge is 2.39. The Kier molecular flexibility index (Phi) is 8.01. The molecule has 12 nitrogen and oxygen atoms in total. The van der Waals surface area contributed by atoms with Gasteiger partial charge >= 0.3 is 11.2 Å². The lowest BCUT2D eigenvalue weighted by atomic mass is 10.2. The van der Waals surface area contributed by atoms with E-state index in [-0.39, 0.29) is 49.5 Å². The number of nitrogens with one attached hydrogen (secondary N) is 1. The van der Waals surface area contributed by atoms with Gasteiger partial charge < -0.3 is 9.64 Å². The van der Waals surface area contributed by atoms with Crippen molar-refractivity contribution < 1.29 is 22.5 Å². The molecule has 0 radical (unpaired) electrons. The first-order chi connectivity index (χ1) is 19.5. The van der Waals surface area contributed by atoms with Crippen molar-refractivity contribution >= 4 is 33.2 Å². The molecule has 0 amide bonds. The van der Waals surface area contributed by atoms with Gasteiger partial charge in [0.1, 0.15) is 5.69 Å². The van der Waals surface area contributed by atoms with Gasteiger partial charge in [-0.1, -0.05) is 30.7 Å². The van der Waals surface area contributed by atoms with E-state index < -0.39 is 32.2 Å². The minimum absolute atomic E-state index is 0.0112. The Labute approximate surface area is 240 Å². The number of hydrogen-bond donors (Lipinski definition) is 1. The van der Waals surface area contributed by atoms with Gasteiger partial charge in [0, 0.05) is 49.2 Å². The van der Waals surface area contributed by atoms with Crippen LogP contribution in [0, 0.1) is 21.3 Å². The van der Waals surface area contributed by atoms with Gasteiger partial charge in [-0.15, -0.1) is 0 Å². The highest BCUT2D eigenvalue weighted by atomic mass is 35.5. The van der Waals surface area contributed by atoms with Crippen LogP contribution < -0.4 is 19.9 Å². The van der Waals surface area contributed by atoms with Crippen LogP contribution in [-0.4, -0.2) is 60.2 Å². The average molecular weight is 607 g/mol. The van der Waals surface area contributed by atoms with E-state index in [1.54, 1.807) is 24.3 Å². The number of rotatable bonds is 10. The predicted molar refractivity (Wildman–Crippen MR) is 150 cm³/mol. The van der Waals surface area contributed by atoms with E-state index >= 15 is 0 Å². The Hall–Kier alpha value is -3.59. The smallest absolute Gasteiger partial charge is 0.316 e. The largest absolute Gasteiger partial charge is 0.486 e. The fourth-order valence-electron chi connectivity index (χ4n) is 4.43. The number of aromatic nitrogens is 2. The molecule has 0 atom stereocenters. The lowest BCUT2D eigenvalue weighted by molar-refractivity contribution is -0.387. The lowest BCUT2D eigenvalue weighted by Gasteiger charge is -2.35. The molecule has 41 heavy (non-hydrogen) atoms. The number of nitro groups is 1. The van der Waals surface area contributed by atoms with Gasteiger partial charge in [0.2, 0.25) is 11.6 Å². The molecule has 0 bridgehead atoms. The van der Waals surface area contributed by atoms with Crippen molar-refractivity contribution in [2.45, 2.75) is 26.3 Å². The molecule has 2 aliphatic rings. The molecule has 1 saturated carbocycles. The second-order valence-corrected chi connectivity index (χ2v) is 12.6. The minimum atomic E-state index is -3.95. The van der Waals surface area contributed by atoms with Crippen molar-refractivity contribution in [3.8, 4) is 11.4 Å². The van der Waals surface area contributed by atoms with E-state index in [1.165, 1.54) is 21.3 Å². The molecule has 1 saturated heterocycles. The summed E-state index contributed by atoms with van der Waals surface area (Å²) in [5.41, 5.74) is 0.0510. The fourth-order valence-corrected chi connectivity index (χ4v) is 5.79. The molecular weight excluding hydrogens is 579 g/mol. The van der Waals surface area contributed by atoms with Gasteiger partial charge in [-0.05, 0) is 42.7 Å². The third kappa shape index (κ3) is 6.50. The van der Waals surface area contributed by atoms with E-state index in [1.807, 2.05) is 4.90 Å². The van der Waals surface area contributed by atoms with Crippen molar-refractivity contribution in [1.29, 1.82) is 0 Å². The van der Waals surface area contributed by atoms with Crippen LogP contribution in [0.4, 0.5) is 15.8 Å². The van der Waals surface area contributed by atoms with E-state index in [0.29, 0.717) is 23.0 Å². The molecule has 1 N–H and O–H groups in total. The van der Waals surface area contributed by atoms with Crippen LogP contribution in [0.3, 0.4) is 0 Å².